The molecule has 6 heteroatoms. The van der Waals surface area contributed by atoms with Crippen LogP contribution in [0.15, 0.2) is 23.8 Å². The number of halogens is 1. The summed E-state index contributed by atoms with van der Waals surface area (Å²) in [5.74, 6) is -0.261. The van der Waals surface area contributed by atoms with Crippen molar-refractivity contribution < 1.29 is 9.53 Å². The van der Waals surface area contributed by atoms with Crippen molar-refractivity contribution in [1.82, 2.24) is 9.55 Å². The highest BCUT2D eigenvalue weighted by Crippen LogP contribution is 2.26. The molecule has 1 aliphatic heterocycles. The Labute approximate surface area is 119 Å². The third-order valence-corrected chi connectivity index (χ3v) is 3.77. The fourth-order valence-electron chi connectivity index (χ4n) is 2.32. The lowest BCUT2D eigenvalue weighted by Crippen LogP contribution is -2.03. The zero-order valence-electron chi connectivity index (χ0n) is 10.2. The molecule has 98 valence electrons. The number of nitrogens with one attached hydrogen (secondary N) is 1. The number of imidazole rings is 1. The standard InChI is InChI=1S/C13H11ClN2O2S/c1-7(9-4-5-18-12(9)17)16-11-3-2-8(14)6-10(11)15-13(16)19/h2-3,6H,4-5H2,1H3,(H,15,19)/b9-7-. The number of fused-ring (bicyclic) bond motifs is 1. The van der Waals surface area contributed by atoms with E-state index in [4.69, 9.17) is 28.6 Å². The van der Waals surface area contributed by atoms with Crippen LogP contribution in [0.2, 0.25) is 5.02 Å². The topological polar surface area (TPSA) is 47.0 Å². The molecule has 0 saturated carbocycles. The van der Waals surface area contributed by atoms with Crippen LogP contribution in [0.5, 0.6) is 0 Å². The van der Waals surface area contributed by atoms with Crippen LogP contribution in [0.4, 0.5) is 0 Å². The van der Waals surface area contributed by atoms with Crippen LogP contribution >= 0.6 is 23.8 Å². The van der Waals surface area contributed by atoms with Crippen molar-refractivity contribution in [3.8, 4) is 0 Å². The van der Waals surface area contributed by atoms with Gasteiger partial charge >= 0.3 is 5.97 Å². The van der Waals surface area contributed by atoms with Crippen molar-refractivity contribution in [2.45, 2.75) is 13.3 Å². The van der Waals surface area contributed by atoms with Gasteiger partial charge in [0.05, 0.1) is 23.2 Å². The van der Waals surface area contributed by atoms with Crippen LogP contribution in [-0.4, -0.2) is 22.1 Å². The van der Waals surface area contributed by atoms with E-state index in [-0.39, 0.29) is 5.97 Å². The molecule has 1 aliphatic rings. The first-order valence-electron chi connectivity index (χ1n) is 5.85. The third kappa shape index (κ3) is 1.99. The average molecular weight is 295 g/mol. The molecule has 0 radical (unpaired) electrons. The molecular weight excluding hydrogens is 284 g/mol. The van der Waals surface area contributed by atoms with Gasteiger partial charge in [0.2, 0.25) is 0 Å². The van der Waals surface area contributed by atoms with Gasteiger partial charge in [0.1, 0.15) is 0 Å². The monoisotopic (exact) mass is 294 g/mol. The van der Waals surface area contributed by atoms with Crippen LogP contribution in [-0.2, 0) is 9.53 Å². The number of aromatic nitrogens is 2. The molecule has 0 amide bonds. The molecule has 1 N–H and O–H groups in total. The second-order valence-corrected chi connectivity index (χ2v) is 5.20. The maximum absolute atomic E-state index is 11.7. The van der Waals surface area contributed by atoms with E-state index < -0.39 is 0 Å². The Morgan fingerprint density at radius 2 is 2.32 bits per heavy atom. The molecule has 2 heterocycles. The zero-order chi connectivity index (χ0) is 13.6. The second-order valence-electron chi connectivity index (χ2n) is 4.38. The number of hydrogen-bond acceptors (Lipinski definition) is 3. The Morgan fingerprint density at radius 1 is 1.53 bits per heavy atom. The number of H-pyrrole nitrogens is 1. The lowest BCUT2D eigenvalue weighted by molar-refractivity contribution is -0.135. The number of cyclic esters (lactones) is 1. The highest BCUT2D eigenvalue weighted by atomic mass is 35.5. The lowest BCUT2D eigenvalue weighted by Gasteiger charge is -2.06. The number of hydrogen-bond donors (Lipinski definition) is 1. The molecule has 0 aliphatic carbocycles. The smallest absolute Gasteiger partial charge is 0.335 e. The molecule has 4 nitrogen and oxygen atoms in total. The van der Waals surface area contributed by atoms with E-state index in [1.807, 2.05) is 23.6 Å². The fraction of sp³-hybridized carbons (Fsp3) is 0.231. The number of carbonyl (C=O) groups is 1. The van der Waals surface area contributed by atoms with Gasteiger partial charge in [-0.05, 0) is 37.3 Å². The third-order valence-electron chi connectivity index (χ3n) is 3.25. The summed E-state index contributed by atoms with van der Waals surface area (Å²) in [6.45, 7) is 2.31. The van der Waals surface area contributed by atoms with Crippen molar-refractivity contribution in [3.05, 3.63) is 33.6 Å². The molecule has 19 heavy (non-hydrogen) atoms. The lowest BCUT2D eigenvalue weighted by atomic mass is 10.2. The summed E-state index contributed by atoms with van der Waals surface area (Å²) in [6, 6.07) is 5.50. The number of benzene rings is 1. The van der Waals surface area contributed by atoms with Crippen LogP contribution in [0.25, 0.3) is 16.7 Å². The predicted molar refractivity (Wildman–Crippen MR) is 76.6 cm³/mol. The van der Waals surface area contributed by atoms with Gasteiger partial charge in [-0.2, -0.15) is 0 Å². The Morgan fingerprint density at radius 3 is 3.00 bits per heavy atom. The molecule has 0 bridgehead atoms. The van der Waals surface area contributed by atoms with Gasteiger partial charge in [-0.1, -0.05) is 11.6 Å². The first kappa shape index (κ1) is 12.4. The molecule has 0 unspecified atom stereocenters. The van der Waals surface area contributed by atoms with Gasteiger partial charge in [-0.15, -0.1) is 0 Å². The van der Waals surface area contributed by atoms with Crippen molar-refractivity contribution in [2.24, 2.45) is 0 Å². The Balaban J connectivity index is 2.28. The summed E-state index contributed by atoms with van der Waals surface area (Å²) in [5.41, 5.74) is 3.23. The summed E-state index contributed by atoms with van der Waals surface area (Å²) in [4.78, 5) is 14.7. The number of allylic oxidation sites excluding steroid dienone is 1. The summed E-state index contributed by atoms with van der Waals surface area (Å²) in [5, 5.41) is 0.640. The molecule has 0 atom stereocenters. The van der Waals surface area contributed by atoms with E-state index in [0.29, 0.717) is 28.4 Å². The summed E-state index contributed by atoms with van der Waals surface area (Å²) in [7, 11) is 0. The largest absolute Gasteiger partial charge is 0.462 e. The number of esters is 1. The minimum absolute atomic E-state index is 0.261. The molecule has 1 saturated heterocycles. The van der Waals surface area contributed by atoms with Gasteiger partial charge in [0.25, 0.3) is 0 Å². The van der Waals surface area contributed by atoms with Crippen LogP contribution in [0.3, 0.4) is 0 Å². The first-order valence-corrected chi connectivity index (χ1v) is 6.64. The molecule has 1 aromatic heterocycles. The average Bonchev–Trinajstić information content (AvgIpc) is 2.90. The summed E-state index contributed by atoms with van der Waals surface area (Å²) in [6.07, 6.45) is 0.618. The van der Waals surface area contributed by atoms with E-state index in [0.717, 1.165) is 16.7 Å². The molecular formula is C13H11ClN2O2S. The Kier molecular flexibility index (Phi) is 2.95. The first-order chi connectivity index (χ1) is 9.08. The van der Waals surface area contributed by atoms with Crippen LogP contribution in [0, 0.1) is 4.77 Å². The maximum atomic E-state index is 11.7. The van der Waals surface area contributed by atoms with Crippen LogP contribution < -0.4 is 0 Å². The highest BCUT2D eigenvalue weighted by molar-refractivity contribution is 7.71. The molecule has 2 aromatic rings. The number of nitrogens with zero attached hydrogens (tertiary/aromatic N) is 1. The molecule has 0 spiro atoms. The second kappa shape index (κ2) is 4.51. The van der Waals surface area contributed by atoms with E-state index in [9.17, 15) is 4.79 Å². The van der Waals surface area contributed by atoms with Crippen molar-refractivity contribution in [1.29, 1.82) is 0 Å². The van der Waals surface area contributed by atoms with Gasteiger partial charge in [0, 0.05) is 17.1 Å². The van der Waals surface area contributed by atoms with E-state index in [2.05, 4.69) is 4.98 Å². The van der Waals surface area contributed by atoms with Gasteiger partial charge in [0.15, 0.2) is 4.77 Å². The highest BCUT2D eigenvalue weighted by Gasteiger charge is 2.23. The maximum Gasteiger partial charge on any atom is 0.335 e. The minimum Gasteiger partial charge on any atom is -0.462 e. The summed E-state index contributed by atoms with van der Waals surface area (Å²) < 4.78 is 7.37. The normalized spacial score (nSPS) is 17.9. The van der Waals surface area contributed by atoms with Crippen molar-refractivity contribution in [3.63, 3.8) is 0 Å². The van der Waals surface area contributed by atoms with Crippen molar-refractivity contribution in [2.75, 3.05) is 6.61 Å². The van der Waals surface area contributed by atoms with E-state index >= 15 is 0 Å². The number of rotatable bonds is 1. The molecule has 1 fully saturated rings. The quantitative estimate of drug-likeness (QED) is 0.497. The minimum atomic E-state index is -0.261. The SMILES string of the molecule is C/C(=C1\CCOC1=O)n1c(=S)[nH]c2cc(Cl)ccc21. The van der Waals surface area contributed by atoms with Crippen molar-refractivity contribution >= 4 is 46.5 Å². The zero-order valence-corrected chi connectivity index (χ0v) is 11.8. The molecule has 1 aromatic carbocycles. The predicted octanol–water partition coefficient (Wildman–Crippen LogP) is 3.53. The summed E-state index contributed by atoms with van der Waals surface area (Å²) >= 11 is 11.3. The molecule has 3 rings (SSSR count). The number of aromatic amines is 1. The fourth-order valence-corrected chi connectivity index (χ4v) is 2.83. The van der Waals surface area contributed by atoms with Gasteiger partial charge < -0.3 is 9.72 Å². The number of carbonyl (C=O) groups excluding carboxylic acids is 1. The van der Waals surface area contributed by atoms with Gasteiger partial charge in [-0.25, -0.2) is 4.79 Å². The Hall–Kier alpha value is -1.59. The Bertz CT molecular complexity index is 773. The van der Waals surface area contributed by atoms with Gasteiger partial charge in [-0.3, -0.25) is 4.57 Å². The van der Waals surface area contributed by atoms with Crippen LogP contribution in [0.1, 0.15) is 13.3 Å². The van der Waals surface area contributed by atoms with E-state index in [1.165, 1.54) is 0 Å². The van der Waals surface area contributed by atoms with E-state index in [1.54, 1.807) is 6.07 Å². The number of ether oxygens (including phenoxy) is 1.